The smallest absolute Gasteiger partial charge is 0.308 e. The maximum atomic E-state index is 11.0. The zero-order valence-electron chi connectivity index (χ0n) is 11.6. The molecule has 1 heterocycles. The summed E-state index contributed by atoms with van der Waals surface area (Å²) >= 11 is 0. The molecular weight excluding hydrogens is 254 g/mol. The number of aromatic nitrogens is 1. The van der Waals surface area contributed by atoms with Crippen molar-refractivity contribution in [2.45, 2.75) is 26.6 Å². The highest BCUT2D eigenvalue weighted by Gasteiger charge is 2.09. The summed E-state index contributed by atoms with van der Waals surface area (Å²) in [6.07, 6.45) is 1.70. The number of benzene rings is 1. The molecule has 1 aromatic heterocycles. The van der Waals surface area contributed by atoms with Crippen molar-refractivity contribution in [3.63, 3.8) is 0 Å². The lowest BCUT2D eigenvalue weighted by Crippen LogP contribution is -2.16. The summed E-state index contributed by atoms with van der Waals surface area (Å²) in [4.78, 5) is 14.1. The molecule has 0 spiro atoms. The first-order valence-corrected chi connectivity index (χ1v) is 9.68. The number of hydrogen-bond donors (Lipinski definition) is 1. The van der Waals surface area contributed by atoms with Crippen molar-refractivity contribution in [2.24, 2.45) is 0 Å². The van der Waals surface area contributed by atoms with Gasteiger partial charge in [-0.15, -0.1) is 5.54 Å². The number of carbonyl (C=O) groups excluding carboxylic acids is 1. The molecule has 4 heteroatoms. The van der Waals surface area contributed by atoms with Crippen LogP contribution in [0, 0.1) is 11.5 Å². The quantitative estimate of drug-likeness (QED) is 0.491. The van der Waals surface area contributed by atoms with Crippen LogP contribution in [0.1, 0.15) is 12.5 Å². The maximum Gasteiger partial charge on any atom is 0.308 e. The molecule has 1 N–H and O–H groups in total. The molecule has 0 fully saturated rings. The van der Waals surface area contributed by atoms with Gasteiger partial charge in [-0.2, -0.15) is 0 Å². The predicted molar refractivity (Wildman–Crippen MR) is 79.8 cm³/mol. The molecule has 0 unspecified atom stereocenters. The van der Waals surface area contributed by atoms with Crippen LogP contribution in [0.4, 0.5) is 0 Å². The summed E-state index contributed by atoms with van der Waals surface area (Å²) < 4.78 is 5.16. The van der Waals surface area contributed by atoms with Gasteiger partial charge in [-0.25, -0.2) is 0 Å². The number of fused-ring (bicyclic) bond motifs is 1. The second kappa shape index (κ2) is 4.94. The van der Waals surface area contributed by atoms with E-state index in [1.54, 1.807) is 6.20 Å². The molecule has 0 radical (unpaired) electrons. The summed E-state index contributed by atoms with van der Waals surface area (Å²) in [5, 5.41) is 0.887. The van der Waals surface area contributed by atoms with Crippen molar-refractivity contribution < 1.29 is 9.53 Å². The number of nitrogens with one attached hydrogen (secondary N) is 1. The molecule has 0 saturated carbocycles. The van der Waals surface area contributed by atoms with E-state index in [0.717, 1.165) is 16.5 Å². The Kier molecular flexibility index (Phi) is 3.50. The summed E-state index contributed by atoms with van der Waals surface area (Å²) in [5.41, 5.74) is 5.21. The fourth-order valence-electron chi connectivity index (χ4n) is 1.67. The number of H-pyrrole nitrogens is 1. The molecule has 0 aliphatic rings. The largest absolute Gasteiger partial charge is 0.424 e. The Bertz CT molecular complexity index is 683. The second-order valence-corrected chi connectivity index (χ2v) is 10.3. The van der Waals surface area contributed by atoms with Gasteiger partial charge in [0.1, 0.15) is 8.07 Å². The molecule has 2 rings (SSSR count). The normalized spacial score (nSPS) is 10.9. The first kappa shape index (κ1) is 13.4. The number of rotatable bonds is 1. The topological polar surface area (TPSA) is 42.1 Å². The Balaban J connectivity index is 2.43. The van der Waals surface area contributed by atoms with Crippen LogP contribution in [0.5, 0.6) is 5.75 Å². The Morgan fingerprint density at radius 3 is 2.68 bits per heavy atom. The van der Waals surface area contributed by atoms with Crippen LogP contribution in [-0.4, -0.2) is 19.0 Å². The van der Waals surface area contributed by atoms with Crippen molar-refractivity contribution in [3.05, 3.63) is 30.0 Å². The van der Waals surface area contributed by atoms with Crippen LogP contribution in [0.15, 0.2) is 24.4 Å². The molecule has 0 aliphatic heterocycles. The number of hydrogen-bond acceptors (Lipinski definition) is 2. The van der Waals surface area contributed by atoms with Gasteiger partial charge in [0.05, 0.1) is 0 Å². The lowest BCUT2D eigenvalue weighted by Gasteiger charge is -2.03. The van der Waals surface area contributed by atoms with Gasteiger partial charge in [0.15, 0.2) is 5.75 Å². The zero-order chi connectivity index (χ0) is 14.0. The van der Waals surface area contributed by atoms with Gasteiger partial charge in [-0.05, 0) is 18.2 Å². The van der Waals surface area contributed by atoms with Gasteiger partial charge in [0.2, 0.25) is 0 Å². The van der Waals surface area contributed by atoms with Crippen LogP contribution < -0.4 is 4.74 Å². The first-order valence-electron chi connectivity index (χ1n) is 6.18. The SMILES string of the molecule is CC(=O)Oc1c[nH]c2ccc(C#C[Si](C)(C)C)cc12. The molecule has 3 nitrogen and oxygen atoms in total. The van der Waals surface area contributed by atoms with E-state index in [1.165, 1.54) is 6.92 Å². The summed E-state index contributed by atoms with van der Waals surface area (Å²) in [5.74, 6) is 3.44. The molecule has 19 heavy (non-hydrogen) atoms. The van der Waals surface area contributed by atoms with Gasteiger partial charge >= 0.3 is 5.97 Å². The highest BCUT2D eigenvalue weighted by molar-refractivity contribution is 6.83. The van der Waals surface area contributed by atoms with Crippen LogP contribution in [-0.2, 0) is 4.79 Å². The van der Waals surface area contributed by atoms with E-state index in [0.29, 0.717) is 5.75 Å². The van der Waals surface area contributed by atoms with Crippen molar-refractivity contribution in [1.29, 1.82) is 0 Å². The highest BCUT2D eigenvalue weighted by atomic mass is 28.3. The lowest BCUT2D eigenvalue weighted by molar-refractivity contribution is -0.131. The van der Waals surface area contributed by atoms with E-state index >= 15 is 0 Å². The maximum absolute atomic E-state index is 11.0. The summed E-state index contributed by atoms with van der Waals surface area (Å²) in [6, 6.07) is 5.89. The minimum atomic E-state index is -1.39. The minimum Gasteiger partial charge on any atom is -0.424 e. The molecule has 0 bridgehead atoms. The number of esters is 1. The summed E-state index contributed by atoms with van der Waals surface area (Å²) in [7, 11) is -1.39. The molecule has 1 aromatic carbocycles. The standard InChI is InChI=1S/C15H17NO2Si/c1-11(17)18-15-10-16-14-6-5-12(9-13(14)15)7-8-19(2,3)4/h5-6,9-10,16H,1-4H3. The fourth-order valence-corrected chi connectivity index (χ4v) is 2.19. The van der Waals surface area contributed by atoms with Crippen LogP contribution in [0.2, 0.25) is 19.6 Å². The third-order valence-electron chi connectivity index (χ3n) is 2.48. The fraction of sp³-hybridized carbons (Fsp3) is 0.267. The molecular formula is C15H17NO2Si. The zero-order valence-corrected chi connectivity index (χ0v) is 12.6. The van der Waals surface area contributed by atoms with Crippen LogP contribution in [0.3, 0.4) is 0 Å². The van der Waals surface area contributed by atoms with E-state index in [-0.39, 0.29) is 5.97 Å². The van der Waals surface area contributed by atoms with Crippen molar-refractivity contribution in [1.82, 2.24) is 4.98 Å². The molecule has 0 amide bonds. The van der Waals surface area contributed by atoms with Crippen molar-refractivity contribution in [3.8, 4) is 17.2 Å². The van der Waals surface area contributed by atoms with Crippen molar-refractivity contribution in [2.75, 3.05) is 0 Å². The minimum absolute atomic E-state index is 0.320. The van der Waals surface area contributed by atoms with Crippen LogP contribution >= 0.6 is 0 Å². The van der Waals surface area contributed by atoms with Crippen LogP contribution in [0.25, 0.3) is 10.9 Å². The third-order valence-corrected chi connectivity index (χ3v) is 3.35. The first-order chi connectivity index (χ1) is 8.85. The Labute approximate surface area is 114 Å². The second-order valence-electron chi connectivity index (χ2n) is 5.51. The van der Waals surface area contributed by atoms with Gasteiger partial charge < -0.3 is 9.72 Å². The molecule has 98 valence electrons. The Hall–Kier alpha value is -1.99. The van der Waals surface area contributed by atoms with E-state index < -0.39 is 8.07 Å². The lowest BCUT2D eigenvalue weighted by atomic mass is 10.1. The average molecular weight is 271 g/mol. The molecule has 2 aromatic rings. The van der Waals surface area contributed by atoms with E-state index in [9.17, 15) is 4.79 Å². The van der Waals surface area contributed by atoms with Gasteiger partial charge in [0.25, 0.3) is 0 Å². The molecule has 0 aliphatic carbocycles. The van der Waals surface area contributed by atoms with Crippen molar-refractivity contribution >= 4 is 24.9 Å². The van der Waals surface area contributed by atoms with Gasteiger partial charge in [0, 0.05) is 29.6 Å². The van der Waals surface area contributed by atoms with E-state index in [1.807, 2.05) is 18.2 Å². The number of carbonyl (C=O) groups is 1. The van der Waals surface area contributed by atoms with Gasteiger partial charge in [-0.1, -0.05) is 25.6 Å². The van der Waals surface area contributed by atoms with E-state index in [2.05, 4.69) is 36.1 Å². The summed E-state index contributed by atoms with van der Waals surface area (Å²) in [6.45, 7) is 8.02. The van der Waals surface area contributed by atoms with E-state index in [4.69, 9.17) is 4.74 Å². The monoisotopic (exact) mass is 271 g/mol. The third kappa shape index (κ3) is 3.49. The molecule has 0 saturated heterocycles. The Morgan fingerprint density at radius 1 is 1.32 bits per heavy atom. The Morgan fingerprint density at radius 2 is 2.05 bits per heavy atom. The number of ether oxygens (including phenoxy) is 1. The van der Waals surface area contributed by atoms with Gasteiger partial charge in [-0.3, -0.25) is 4.79 Å². The average Bonchev–Trinajstić information content (AvgIpc) is 2.68. The predicted octanol–water partition coefficient (Wildman–Crippen LogP) is 3.32. The molecule has 0 atom stereocenters. The highest BCUT2D eigenvalue weighted by Crippen LogP contribution is 2.26. The number of aromatic amines is 1.